The van der Waals surface area contributed by atoms with Crippen LogP contribution in [0.4, 0.5) is 10.8 Å². The molecule has 0 aliphatic carbocycles. The van der Waals surface area contributed by atoms with Crippen LogP contribution in [0.3, 0.4) is 0 Å². The standard InChI is InChI=1S/C13H9N3O2S2/c14-13-15-11-6-5-10(7-12(11)20-13)19-9-3-1-8(2-4-9)16(17)18/h1-7H,(H2,14,15). The molecule has 0 spiro atoms. The summed E-state index contributed by atoms with van der Waals surface area (Å²) in [6.45, 7) is 0. The fraction of sp³-hybridized carbons (Fsp3) is 0. The van der Waals surface area contributed by atoms with Crippen molar-refractivity contribution in [3.05, 3.63) is 52.6 Å². The van der Waals surface area contributed by atoms with Crippen LogP contribution in [-0.2, 0) is 0 Å². The van der Waals surface area contributed by atoms with Crippen LogP contribution in [0.1, 0.15) is 0 Å². The Kier molecular flexibility index (Phi) is 3.29. The van der Waals surface area contributed by atoms with Crippen molar-refractivity contribution in [3.8, 4) is 0 Å². The van der Waals surface area contributed by atoms with E-state index >= 15 is 0 Å². The smallest absolute Gasteiger partial charge is 0.269 e. The number of nitrogens with zero attached hydrogens (tertiary/aromatic N) is 2. The fourth-order valence-corrected chi connectivity index (χ4v) is 3.46. The first-order valence-corrected chi connectivity index (χ1v) is 7.33. The summed E-state index contributed by atoms with van der Waals surface area (Å²) < 4.78 is 1.04. The molecule has 0 saturated heterocycles. The van der Waals surface area contributed by atoms with Crippen molar-refractivity contribution in [2.45, 2.75) is 9.79 Å². The number of benzene rings is 2. The molecule has 5 nitrogen and oxygen atoms in total. The molecule has 7 heteroatoms. The molecule has 0 unspecified atom stereocenters. The number of rotatable bonds is 3. The molecule has 0 saturated carbocycles. The highest BCUT2D eigenvalue weighted by molar-refractivity contribution is 7.99. The Morgan fingerprint density at radius 1 is 1.15 bits per heavy atom. The second-order valence-electron chi connectivity index (χ2n) is 4.03. The van der Waals surface area contributed by atoms with Crippen LogP contribution < -0.4 is 5.73 Å². The van der Waals surface area contributed by atoms with Gasteiger partial charge in [-0.15, -0.1) is 0 Å². The Morgan fingerprint density at radius 3 is 2.55 bits per heavy atom. The molecule has 0 aliphatic heterocycles. The number of hydrogen-bond donors (Lipinski definition) is 1. The number of non-ortho nitro benzene ring substituents is 1. The van der Waals surface area contributed by atoms with Gasteiger partial charge in [-0.05, 0) is 30.3 Å². The van der Waals surface area contributed by atoms with Crippen LogP contribution >= 0.6 is 23.1 Å². The quantitative estimate of drug-likeness (QED) is 0.585. The number of fused-ring (bicyclic) bond motifs is 1. The van der Waals surface area contributed by atoms with E-state index in [2.05, 4.69) is 4.98 Å². The van der Waals surface area contributed by atoms with E-state index in [1.165, 1.54) is 23.5 Å². The molecule has 2 N–H and O–H groups in total. The summed E-state index contributed by atoms with van der Waals surface area (Å²) in [6.07, 6.45) is 0. The van der Waals surface area contributed by atoms with Crippen molar-refractivity contribution in [2.75, 3.05) is 5.73 Å². The van der Waals surface area contributed by atoms with Gasteiger partial charge in [0.25, 0.3) is 5.69 Å². The lowest BCUT2D eigenvalue weighted by molar-refractivity contribution is -0.384. The molecule has 1 aromatic heterocycles. The molecule has 0 radical (unpaired) electrons. The minimum Gasteiger partial charge on any atom is -0.375 e. The van der Waals surface area contributed by atoms with E-state index in [1.54, 1.807) is 23.9 Å². The number of hydrogen-bond acceptors (Lipinski definition) is 6. The summed E-state index contributed by atoms with van der Waals surface area (Å²) in [7, 11) is 0. The molecule has 2 aromatic carbocycles. The summed E-state index contributed by atoms with van der Waals surface area (Å²) in [5.41, 5.74) is 6.66. The highest BCUT2D eigenvalue weighted by Gasteiger charge is 2.06. The van der Waals surface area contributed by atoms with Gasteiger partial charge in [-0.25, -0.2) is 4.98 Å². The lowest BCUT2D eigenvalue weighted by Crippen LogP contribution is -1.86. The second-order valence-corrected chi connectivity index (χ2v) is 6.24. The third-order valence-electron chi connectivity index (χ3n) is 2.66. The van der Waals surface area contributed by atoms with Gasteiger partial charge in [0.2, 0.25) is 0 Å². The van der Waals surface area contributed by atoms with Crippen LogP contribution in [0.15, 0.2) is 52.3 Å². The maximum atomic E-state index is 10.6. The van der Waals surface area contributed by atoms with Gasteiger partial charge in [0, 0.05) is 21.9 Å². The maximum absolute atomic E-state index is 10.6. The molecule has 100 valence electrons. The largest absolute Gasteiger partial charge is 0.375 e. The zero-order valence-electron chi connectivity index (χ0n) is 10.1. The molecule has 0 aliphatic rings. The second kappa shape index (κ2) is 5.10. The number of nitrogens with two attached hydrogens (primary N) is 1. The summed E-state index contributed by atoms with van der Waals surface area (Å²) in [6, 6.07) is 12.4. The summed E-state index contributed by atoms with van der Waals surface area (Å²) in [5.74, 6) is 0. The molecular formula is C13H9N3O2S2. The van der Waals surface area contributed by atoms with Crippen molar-refractivity contribution in [1.29, 1.82) is 0 Å². The zero-order valence-corrected chi connectivity index (χ0v) is 11.8. The predicted octanol–water partition coefficient (Wildman–Crippen LogP) is 3.94. The highest BCUT2D eigenvalue weighted by atomic mass is 32.2. The van der Waals surface area contributed by atoms with Crippen molar-refractivity contribution in [3.63, 3.8) is 0 Å². The molecule has 20 heavy (non-hydrogen) atoms. The van der Waals surface area contributed by atoms with Gasteiger partial charge in [-0.3, -0.25) is 10.1 Å². The van der Waals surface area contributed by atoms with Gasteiger partial charge < -0.3 is 5.73 Å². The third kappa shape index (κ3) is 2.59. The minimum atomic E-state index is -0.402. The molecule has 0 fully saturated rings. The minimum absolute atomic E-state index is 0.0973. The first kappa shape index (κ1) is 12.9. The summed E-state index contributed by atoms with van der Waals surface area (Å²) >= 11 is 2.99. The van der Waals surface area contributed by atoms with Crippen molar-refractivity contribution in [2.24, 2.45) is 0 Å². The molecule has 0 amide bonds. The van der Waals surface area contributed by atoms with Crippen LogP contribution in [0.2, 0.25) is 0 Å². The van der Waals surface area contributed by atoms with E-state index in [0.717, 1.165) is 20.0 Å². The Morgan fingerprint density at radius 2 is 1.85 bits per heavy atom. The number of thiazole rings is 1. The Bertz CT molecular complexity index is 784. The van der Waals surface area contributed by atoms with Crippen LogP contribution in [0.5, 0.6) is 0 Å². The number of nitro groups is 1. The van der Waals surface area contributed by atoms with Crippen molar-refractivity contribution < 1.29 is 4.92 Å². The van der Waals surface area contributed by atoms with Gasteiger partial charge in [0.1, 0.15) is 0 Å². The number of nitrogen functional groups attached to an aromatic ring is 1. The third-order valence-corrected chi connectivity index (χ3v) is 4.50. The Labute approximate surface area is 122 Å². The van der Waals surface area contributed by atoms with E-state index in [4.69, 9.17) is 5.73 Å². The summed E-state index contributed by atoms with van der Waals surface area (Å²) in [5, 5.41) is 11.2. The molecule has 3 rings (SSSR count). The van der Waals surface area contributed by atoms with Gasteiger partial charge in [0.05, 0.1) is 15.1 Å². The first-order valence-electron chi connectivity index (χ1n) is 5.70. The number of nitro benzene ring substituents is 1. The average Bonchev–Trinajstić information content (AvgIpc) is 2.78. The average molecular weight is 303 g/mol. The Hall–Kier alpha value is -2.12. The first-order chi connectivity index (χ1) is 9.61. The van der Waals surface area contributed by atoms with E-state index in [0.29, 0.717) is 5.13 Å². The molecule has 1 heterocycles. The van der Waals surface area contributed by atoms with E-state index in [9.17, 15) is 10.1 Å². The van der Waals surface area contributed by atoms with Crippen LogP contribution in [-0.4, -0.2) is 9.91 Å². The van der Waals surface area contributed by atoms with Gasteiger partial charge >= 0.3 is 0 Å². The van der Waals surface area contributed by atoms with Crippen LogP contribution in [0, 0.1) is 10.1 Å². The monoisotopic (exact) mass is 303 g/mol. The lowest BCUT2D eigenvalue weighted by Gasteiger charge is -2.01. The van der Waals surface area contributed by atoms with E-state index < -0.39 is 4.92 Å². The van der Waals surface area contributed by atoms with E-state index in [1.807, 2.05) is 18.2 Å². The molecule has 3 aromatic rings. The molecule has 0 bridgehead atoms. The van der Waals surface area contributed by atoms with Crippen molar-refractivity contribution in [1.82, 2.24) is 4.98 Å². The highest BCUT2D eigenvalue weighted by Crippen LogP contribution is 2.33. The SMILES string of the molecule is Nc1nc2ccc(Sc3ccc([N+](=O)[O-])cc3)cc2s1. The van der Waals surface area contributed by atoms with Gasteiger partial charge in [0.15, 0.2) is 5.13 Å². The Balaban J connectivity index is 1.86. The van der Waals surface area contributed by atoms with Crippen LogP contribution in [0.25, 0.3) is 10.2 Å². The lowest BCUT2D eigenvalue weighted by atomic mass is 10.3. The zero-order chi connectivity index (χ0) is 14.1. The number of anilines is 1. The maximum Gasteiger partial charge on any atom is 0.269 e. The van der Waals surface area contributed by atoms with Crippen molar-refractivity contribution >= 4 is 44.1 Å². The predicted molar refractivity (Wildman–Crippen MR) is 81.3 cm³/mol. The van der Waals surface area contributed by atoms with Gasteiger partial charge in [-0.1, -0.05) is 23.1 Å². The normalized spacial score (nSPS) is 10.8. The van der Waals surface area contributed by atoms with Gasteiger partial charge in [-0.2, -0.15) is 0 Å². The summed E-state index contributed by atoms with van der Waals surface area (Å²) in [4.78, 5) is 16.4. The topological polar surface area (TPSA) is 82.0 Å². The molecular weight excluding hydrogens is 294 g/mol. The number of aromatic nitrogens is 1. The van der Waals surface area contributed by atoms with E-state index in [-0.39, 0.29) is 5.69 Å². The molecule has 0 atom stereocenters. The fourth-order valence-electron chi connectivity index (χ4n) is 1.76.